The smallest absolute Gasteiger partial charge is 0.179 e. The Labute approximate surface area is 132 Å². The van der Waals surface area contributed by atoms with Crippen LogP contribution in [0.2, 0.25) is 0 Å². The van der Waals surface area contributed by atoms with Gasteiger partial charge in [-0.25, -0.2) is 8.42 Å². The van der Waals surface area contributed by atoms with Gasteiger partial charge in [-0.2, -0.15) is 0 Å². The first-order chi connectivity index (χ1) is 9.99. The Morgan fingerprint density at radius 1 is 1.19 bits per heavy atom. The van der Waals surface area contributed by atoms with Crippen LogP contribution in [-0.4, -0.2) is 43.7 Å². The minimum absolute atomic E-state index is 0.147. The van der Waals surface area contributed by atoms with Gasteiger partial charge in [0.25, 0.3) is 0 Å². The molecule has 2 rings (SSSR count). The Morgan fingerprint density at radius 3 is 2.48 bits per heavy atom. The fraction of sp³-hybridized carbons (Fsp3) is 0.533. The van der Waals surface area contributed by atoms with Crippen LogP contribution < -0.4 is 5.73 Å². The van der Waals surface area contributed by atoms with Crippen molar-refractivity contribution in [2.75, 3.05) is 25.4 Å². The molecular formula is C15H22N2O2S2. The Bertz CT molecular complexity index is 591. The normalized spacial score (nSPS) is 17.3. The topological polar surface area (TPSA) is 63.4 Å². The van der Waals surface area contributed by atoms with Crippen molar-refractivity contribution in [1.82, 2.24) is 4.90 Å². The molecule has 1 fully saturated rings. The number of nitrogens with zero attached hydrogens (tertiary/aromatic N) is 1. The lowest BCUT2D eigenvalue weighted by atomic mass is 10.2. The third-order valence-corrected chi connectivity index (χ3v) is 5.78. The van der Waals surface area contributed by atoms with Gasteiger partial charge in [-0.1, -0.05) is 37.2 Å². The molecule has 0 atom stereocenters. The highest BCUT2D eigenvalue weighted by molar-refractivity contribution is 7.91. The van der Waals surface area contributed by atoms with E-state index in [1.54, 1.807) is 24.3 Å². The molecule has 0 aromatic heterocycles. The average Bonchev–Trinajstić information content (AvgIpc) is 2.74. The van der Waals surface area contributed by atoms with Gasteiger partial charge in [0.05, 0.1) is 10.6 Å². The van der Waals surface area contributed by atoms with Crippen molar-refractivity contribution in [2.45, 2.75) is 30.6 Å². The van der Waals surface area contributed by atoms with Crippen LogP contribution in [0.1, 0.15) is 31.2 Å². The molecule has 1 heterocycles. The first-order valence-corrected chi connectivity index (χ1v) is 9.40. The Balaban J connectivity index is 2.04. The van der Waals surface area contributed by atoms with Crippen molar-refractivity contribution in [3.8, 4) is 0 Å². The van der Waals surface area contributed by atoms with E-state index in [0.717, 1.165) is 25.9 Å². The summed E-state index contributed by atoms with van der Waals surface area (Å²) in [4.78, 5) is 2.78. The second-order valence-electron chi connectivity index (χ2n) is 5.47. The Morgan fingerprint density at radius 2 is 1.86 bits per heavy atom. The fourth-order valence-electron chi connectivity index (χ4n) is 2.57. The van der Waals surface area contributed by atoms with Crippen molar-refractivity contribution in [3.05, 3.63) is 29.8 Å². The van der Waals surface area contributed by atoms with Crippen LogP contribution >= 0.6 is 12.2 Å². The first-order valence-electron chi connectivity index (χ1n) is 7.34. The van der Waals surface area contributed by atoms with E-state index in [1.165, 1.54) is 12.8 Å². The van der Waals surface area contributed by atoms with E-state index in [4.69, 9.17) is 18.0 Å². The highest BCUT2D eigenvalue weighted by Crippen LogP contribution is 2.15. The first kappa shape index (κ1) is 16.4. The molecule has 0 spiro atoms. The molecule has 2 N–H and O–H groups in total. The van der Waals surface area contributed by atoms with Crippen LogP contribution in [0.3, 0.4) is 0 Å². The predicted octanol–water partition coefficient (Wildman–Crippen LogP) is 1.97. The summed E-state index contributed by atoms with van der Waals surface area (Å²) in [6, 6.07) is 6.60. The van der Waals surface area contributed by atoms with Gasteiger partial charge >= 0.3 is 0 Å². The number of hydrogen-bond acceptors (Lipinski definition) is 4. The molecule has 0 amide bonds. The third-order valence-electron chi connectivity index (χ3n) is 3.85. The predicted molar refractivity (Wildman–Crippen MR) is 89.3 cm³/mol. The van der Waals surface area contributed by atoms with Crippen molar-refractivity contribution >= 4 is 27.0 Å². The highest BCUT2D eigenvalue weighted by Gasteiger charge is 2.18. The Kier molecular flexibility index (Phi) is 5.72. The SMILES string of the molecule is NC(=S)c1cccc(S(=O)(=O)CCN2CCCCCC2)c1. The summed E-state index contributed by atoms with van der Waals surface area (Å²) < 4.78 is 24.8. The summed E-state index contributed by atoms with van der Waals surface area (Å²) in [5, 5.41) is 0. The molecule has 1 aromatic rings. The van der Waals surface area contributed by atoms with Gasteiger partial charge in [-0.05, 0) is 38.1 Å². The molecule has 4 nitrogen and oxygen atoms in total. The van der Waals surface area contributed by atoms with Crippen LogP contribution in [-0.2, 0) is 9.84 Å². The van der Waals surface area contributed by atoms with E-state index in [0.29, 0.717) is 17.0 Å². The van der Waals surface area contributed by atoms with Crippen molar-refractivity contribution in [3.63, 3.8) is 0 Å². The second kappa shape index (κ2) is 7.33. The number of nitrogens with two attached hydrogens (primary N) is 1. The highest BCUT2D eigenvalue weighted by atomic mass is 32.2. The van der Waals surface area contributed by atoms with Crippen LogP contribution in [0.4, 0.5) is 0 Å². The zero-order valence-electron chi connectivity index (χ0n) is 12.1. The van der Waals surface area contributed by atoms with Gasteiger partial charge in [0, 0.05) is 12.1 Å². The molecule has 0 unspecified atom stereocenters. The summed E-state index contributed by atoms with van der Waals surface area (Å²) in [5.41, 5.74) is 6.16. The van der Waals surface area contributed by atoms with Gasteiger partial charge in [0.1, 0.15) is 4.99 Å². The molecule has 0 bridgehead atoms. The molecule has 1 aliphatic rings. The maximum atomic E-state index is 12.4. The second-order valence-corrected chi connectivity index (χ2v) is 8.02. The summed E-state index contributed by atoms with van der Waals surface area (Å²) in [7, 11) is -3.28. The van der Waals surface area contributed by atoms with E-state index in [2.05, 4.69) is 4.90 Å². The maximum absolute atomic E-state index is 12.4. The zero-order chi connectivity index (χ0) is 15.3. The number of hydrogen-bond donors (Lipinski definition) is 1. The van der Waals surface area contributed by atoms with Gasteiger partial charge < -0.3 is 10.6 Å². The summed E-state index contributed by atoms with van der Waals surface area (Å²) in [6.07, 6.45) is 4.83. The van der Waals surface area contributed by atoms with Gasteiger partial charge in [0.15, 0.2) is 9.84 Å². The van der Waals surface area contributed by atoms with E-state index in [9.17, 15) is 8.42 Å². The van der Waals surface area contributed by atoms with Crippen LogP contribution in [0.5, 0.6) is 0 Å². The van der Waals surface area contributed by atoms with Gasteiger partial charge in [-0.3, -0.25) is 0 Å². The minimum Gasteiger partial charge on any atom is -0.389 e. The summed E-state index contributed by atoms with van der Waals surface area (Å²) in [6.45, 7) is 2.60. The number of likely N-dealkylation sites (tertiary alicyclic amines) is 1. The Hall–Kier alpha value is -0.980. The molecule has 6 heteroatoms. The molecule has 0 radical (unpaired) electrons. The fourth-order valence-corrected chi connectivity index (χ4v) is 4.02. The standard InChI is InChI=1S/C15H22N2O2S2/c16-15(20)13-6-5-7-14(12-13)21(18,19)11-10-17-8-3-1-2-4-9-17/h5-7,12H,1-4,8-11H2,(H2,16,20). The lowest BCUT2D eigenvalue weighted by molar-refractivity contribution is 0.301. The molecule has 0 saturated carbocycles. The number of rotatable bonds is 5. The van der Waals surface area contributed by atoms with Crippen molar-refractivity contribution in [1.29, 1.82) is 0 Å². The lowest BCUT2D eigenvalue weighted by Crippen LogP contribution is -2.30. The number of thiocarbonyl (C=S) groups is 1. The molecular weight excluding hydrogens is 304 g/mol. The van der Waals surface area contributed by atoms with Crippen molar-refractivity contribution < 1.29 is 8.42 Å². The van der Waals surface area contributed by atoms with Crippen LogP contribution in [0.15, 0.2) is 29.2 Å². The monoisotopic (exact) mass is 326 g/mol. The van der Waals surface area contributed by atoms with Crippen LogP contribution in [0, 0.1) is 0 Å². The zero-order valence-corrected chi connectivity index (χ0v) is 13.8. The third kappa shape index (κ3) is 4.76. The molecule has 21 heavy (non-hydrogen) atoms. The average molecular weight is 326 g/mol. The molecule has 1 saturated heterocycles. The number of benzene rings is 1. The number of sulfone groups is 1. The molecule has 116 valence electrons. The lowest BCUT2D eigenvalue weighted by Gasteiger charge is -2.19. The maximum Gasteiger partial charge on any atom is 0.179 e. The van der Waals surface area contributed by atoms with Gasteiger partial charge in [-0.15, -0.1) is 0 Å². The largest absolute Gasteiger partial charge is 0.389 e. The van der Waals surface area contributed by atoms with E-state index in [1.807, 2.05) is 0 Å². The summed E-state index contributed by atoms with van der Waals surface area (Å²) in [5.74, 6) is 0.147. The van der Waals surface area contributed by atoms with Crippen LogP contribution in [0.25, 0.3) is 0 Å². The van der Waals surface area contributed by atoms with E-state index in [-0.39, 0.29) is 10.7 Å². The van der Waals surface area contributed by atoms with E-state index >= 15 is 0 Å². The molecule has 0 aliphatic carbocycles. The van der Waals surface area contributed by atoms with Gasteiger partial charge in [0.2, 0.25) is 0 Å². The summed E-state index contributed by atoms with van der Waals surface area (Å²) >= 11 is 4.90. The minimum atomic E-state index is -3.28. The molecule has 1 aliphatic heterocycles. The quantitative estimate of drug-likeness (QED) is 0.838. The van der Waals surface area contributed by atoms with E-state index < -0.39 is 9.84 Å². The van der Waals surface area contributed by atoms with Crippen molar-refractivity contribution in [2.24, 2.45) is 5.73 Å². The molecule has 1 aromatic carbocycles.